The molecular formula is C42H59F3N8O5. The van der Waals surface area contributed by atoms with Gasteiger partial charge in [-0.3, -0.25) is 29.4 Å². The second-order valence-corrected chi connectivity index (χ2v) is 17.9. The molecule has 0 radical (unpaired) electrons. The van der Waals surface area contributed by atoms with Crippen LogP contribution < -0.4 is 16.1 Å². The van der Waals surface area contributed by atoms with Crippen molar-refractivity contribution < 1.29 is 37.0 Å². The van der Waals surface area contributed by atoms with E-state index in [-0.39, 0.29) is 31.1 Å². The van der Waals surface area contributed by atoms with E-state index in [1.807, 2.05) is 39.1 Å². The molecule has 13 nitrogen and oxygen atoms in total. The Kier molecular flexibility index (Phi) is 11.7. The number of nitrogens with two attached hydrogens (primary N) is 1. The molecule has 4 fully saturated rings. The van der Waals surface area contributed by atoms with Crippen LogP contribution in [0.4, 0.5) is 18.9 Å². The summed E-state index contributed by atoms with van der Waals surface area (Å²) >= 11 is 0. The number of rotatable bonds is 6. The van der Waals surface area contributed by atoms with Crippen LogP contribution >= 0.6 is 0 Å². The maximum atomic E-state index is 14.9. The smallest absolute Gasteiger partial charge is 0.406 e. The topological polar surface area (TPSA) is 130 Å². The van der Waals surface area contributed by atoms with Gasteiger partial charge in [0.25, 0.3) is 5.91 Å². The lowest BCUT2D eigenvalue weighted by atomic mass is 9.83. The van der Waals surface area contributed by atoms with Crippen LogP contribution in [0.15, 0.2) is 28.9 Å². The van der Waals surface area contributed by atoms with Crippen LogP contribution in [0.1, 0.15) is 70.6 Å². The molecule has 6 aliphatic rings. The quantitative estimate of drug-likeness (QED) is 0.412. The van der Waals surface area contributed by atoms with Gasteiger partial charge in [-0.1, -0.05) is 13.8 Å². The van der Waals surface area contributed by atoms with E-state index < -0.39 is 42.3 Å². The number of piperazine rings is 1. The lowest BCUT2D eigenvalue weighted by Crippen LogP contribution is -2.59. The molecule has 318 valence electrons. The number of methoxy groups -OCH3 is 1. The van der Waals surface area contributed by atoms with Crippen molar-refractivity contribution in [2.75, 3.05) is 71.0 Å². The molecule has 0 spiro atoms. The Labute approximate surface area is 338 Å². The first kappa shape index (κ1) is 41.2. The van der Waals surface area contributed by atoms with Crippen LogP contribution in [-0.2, 0) is 36.8 Å². The lowest BCUT2D eigenvalue weighted by Gasteiger charge is -2.40. The summed E-state index contributed by atoms with van der Waals surface area (Å²) < 4.78 is 64.0. The molecule has 2 aromatic rings. The number of halogens is 3. The van der Waals surface area contributed by atoms with E-state index in [1.54, 1.807) is 13.2 Å². The zero-order chi connectivity index (χ0) is 40.9. The van der Waals surface area contributed by atoms with E-state index in [1.165, 1.54) is 22.4 Å². The van der Waals surface area contributed by atoms with Gasteiger partial charge in [0, 0.05) is 98.8 Å². The van der Waals surface area contributed by atoms with Crippen LogP contribution in [0.3, 0.4) is 0 Å². The van der Waals surface area contributed by atoms with Gasteiger partial charge in [-0.15, -0.1) is 0 Å². The fourth-order valence-corrected chi connectivity index (χ4v) is 9.56. The van der Waals surface area contributed by atoms with Crippen LogP contribution in [0.2, 0.25) is 0 Å². The van der Waals surface area contributed by atoms with Gasteiger partial charge in [-0.2, -0.15) is 13.2 Å². The van der Waals surface area contributed by atoms with Crippen LogP contribution in [0.5, 0.6) is 0 Å². The van der Waals surface area contributed by atoms with Gasteiger partial charge in [0.05, 0.1) is 42.9 Å². The highest BCUT2D eigenvalue weighted by Gasteiger charge is 2.40. The monoisotopic (exact) mass is 812 g/mol. The molecule has 1 aromatic carbocycles. The summed E-state index contributed by atoms with van der Waals surface area (Å²) in [6.45, 7) is 10.2. The van der Waals surface area contributed by atoms with E-state index in [9.17, 15) is 22.8 Å². The van der Waals surface area contributed by atoms with E-state index in [0.29, 0.717) is 80.3 Å². The highest BCUT2D eigenvalue weighted by atomic mass is 19.4. The molecule has 3 N–H and O–H groups in total. The average molecular weight is 813 g/mol. The normalized spacial score (nSPS) is 28.8. The van der Waals surface area contributed by atoms with Crippen LogP contribution in [0, 0.1) is 5.41 Å². The molecule has 16 heteroatoms. The highest BCUT2D eigenvalue weighted by molar-refractivity contribution is 5.94. The van der Waals surface area contributed by atoms with Crippen molar-refractivity contribution in [2.24, 2.45) is 16.1 Å². The Morgan fingerprint density at radius 2 is 1.83 bits per heavy atom. The van der Waals surface area contributed by atoms with Gasteiger partial charge < -0.3 is 29.4 Å². The van der Waals surface area contributed by atoms with Crippen LogP contribution in [-0.4, -0.2) is 146 Å². The maximum Gasteiger partial charge on any atom is 0.406 e. The highest BCUT2D eigenvalue weighted by Crippen LogP contribution is 2.43. The number of aliphatic imine (C=N–C) groups is 1. The van der Waals surface area contributed by atoms with Crippen molar-refractivity contribution >= 4 is 40.3 Å². The first-order chi connectivity index (χ1) is 27.7. The number of benzene rings is 1. The summed E-state index contributed by atoms with van der Waals surface area (Å²) in [5.41, 5.74) is 12.8. The minimum Gasteiger partial charge on any atom is -0.464 e. The molecular weight excluding hydrogens is 754 g/mol. The number of carbonyl (C=O) groups is 2. The molecule has 1 aromatic heterocycles. The number of aromatic nitrogens is 1. The number of amides is 1. The summed E-state index contributed by atoms with van der Waals surface area (Å²) in [4.78, 5) is 39.2. The summed E-state index contributed by atoms with van der Waals surface area (Å²) in [6, 6.07) is 4.67. The zero-order valence-corrected chi connectivity index (χ0v) is 34.2. The van der Waals surface area contributed by atoms with Gasteiger partial charge in [0.1, 0.15) is 12.6 Å². The Bertz CT molecular complexity index is 1920. The van der Waals surface area contributed by atoms with E-state index in [4.69, 9.17) is 24.9 Å². The Morgan fingerprint density at radius 1 is 1.07 bits per heavy atom. The number of ether oxygens (including phenoxy) is 3. The Morgan fingerprint density at radius 3 is 2.55 bits per heavy atom. The minimum atomic E-state index is -4.52. The number of fused-ring (bicyclic) bond motifs is 6. The van der Waals surface area contributed by atoms with Gasteiger partial charge >= 0.3 is 12.1 Å². The number of morpholine rings is 1. The first-order valence-corrected chi connectivity index (χ1v) is 21.0. The predicted octanol–water partition coefficient (Wildman–Crippen LogP) is 4.12. The van der Waals surface area contributed by atoms with E-state index in [2.05, 4.69) is 20.1 Å². The van der Waals surface area contributed by atoms with Crippen molar-refractivity contribution in [2.45, 2.75) is 115 Å². The number of nitrogens with zero attached hydrogens (tertiary/aromatic N) is 6. The molecule has 1 unspecified atom stereocenters. The van der Waals surface area contributed by atoms with Gasteiger partial charge in [0.2, 0.25) is 0 Å². The average Bonchev–Trinajstić information content (AvgIpc) is 4.03. The molecule has 58 heavy (non-hydrogen) atoms. The fourth-order valence-electron chi connectivity index (χ4n) is 9.56. The van der Waals surface area contributed by atoms with Crippen molar-refractivity contribution in [1.29, 1.82) is 0 Å². The Balaban J connectivity index is 1.25. The van der Waals surface area contributed by atoms with E-state index in [0.717, 1.165) is 43.0 Å². The Hall–Kier alpha value is -3.54. The van der Waals surface area contributed by atoms with Gasteiger partial charge in [-0.05, 0) is 75.6 Å². The van der Waals surface area contributed by atoms with Crippen molar-refractivity contribution in [3.8, 4) is 0 Å². The third kappa shape index (κ3) is 8.83. The number of carbonyl (C=O) groups excluding carboxylic acids is 2. The largest absolute Gasteiger partial charge is 0.464 e. The molecule has 3 saturated heterocycles. The van der Waals surface area contributed by atoms with Gasteiger partial charge in [0.15, 0.2) is 0 Å². The molecule has 1 amide bonds. The number of nitrogens with one attached hydrogen (secondary N) is 1. The maximum absolute atomic E-state index is 14.9. The minimum absolute atomic E-state index is 0.0140. The molecule has 6 heterocycles. The van der Waals surface area contributed by atoms with Gasteiger partial charge in [-0.25, -0.2) is 5.43 Å². The third-order valence-corrected chi connectivity index (χ3v) is 12.8. The predicted molar refractivity (Wildman–Crippen MR) is 215 cm³/mol. The molecule has 5 atom stereocenters. The summed E-state index contributed by atoms with van der Waals surface area (Å²) in [7, 11) is 1.60. The summed E-state index contributed by atoms with van der Waals surface area (Å²) in [6.07, 6.45) is 1.25. The summed E-state index contributed by atoms with van der Waals surface area (Å²) in [5.74, 6) is -0.797. The van der Waals surface area contributed by atoms with Crippen molar-refractivity contribution in [3.63, 3.8) is 0 Å². The second-order valence-electron chi connectivity index (χ2n) is 17.9. The van der Waals surface area contributed by atoms with Crippen molar-refractivity contribution in [3.05, 3.63) is 35.2 Å². The SMILES string of the molecule is CO[C@@H](C)C1=C(c2c3c4cc(ccc4n2CC(F)(F)F)N2CCO[C@@H](C[C@H](N)C(=O)N4CCC[C@H](N4)C(=O)OCC(C)(C)C3)C2)CC(N2CCN(C3CC3)CC2)C=N1. The number of anilines is 1. The molecule has 1 saturated carbocycles. The molecule has 1 aliphatic carbocycles. The number of esters is 1. The third-order valence-electron chi connectivity index (χ3n) is 12.8. The number of hydrogen-bond donors (Lipinski definition) is 2. The first-order valence-electron chi connectivity index (χ1n) is 21.0. The lowest BCUT2D eigenvalue weighted by molar-refractivity contribution is -0.155. The number of alkyl halides is 3. The standard InChI is InChI=1S/C42H59F3N8O5/c1-26(56-4)37-32(19-29(22-47-37)50-14-12-49(13-15-50)27-7-8-27)38-33-21-41(2,3)25-58-40(55)35-6-5-11-53(48-35)39(54)34(46)20-30-23-51(16-17-57-30)28-9-10-36(31(33)18-28)52(38)24-42(43,44)45/h9-10,18,22,26-27,29-30,34-35,48H,5-8,11-17,19-21,23-25,46H2,1-4H3/t26-,29?,30-,34-,35-/m0/s1. The second kappa shape index (κ2) is 16.5. The summed E-state index contributed by atoms with van der Waals surface area (Å²) in [5, 5.41) is 2.14. The molecule has 8 rings (SSSR count). The van der Waals surface area contributed by atoms with Crippen molar-refractivity contribution in [1.82, 2.24) is 24.8 Å². The molecule has 6 bridgehead atoms. The fraction of sp³-hybridized carbons (Fsp3) is 0.690. The van der Waals surface area contributed by atoms with E-state index >= 15 is 0 Å². The molecule has 5 aliphatic heterocycles. The van der Waals surface area contributed by atoms with Crippen LogP contribution in [0.25, 0.3) is 16.5 Å². The number of hydrazine groups is 1. The number of hydrogen-bond acceptors (Lipinski definition) is 11. The number of cyclic esters (lactones) is 1. The zero-order valence-electron chi connectivity index (χ0n) is 34.2.